The molecule has 0 bridgehead atoms. The summed E-state index contributed by atoms with van der Waals surface area (Å²) in [7, 11) is 0. The van der Waals surface area contributed by atoms with Crippen LogP contribution in [0.25, 0.3) is 0 Å². The van der Waals surface area contributed by atoms with Gasteiger partial charge < -0.3 is 15.3 Å². The van der Waals surface area contributed by atoms with Crippen LogP contribution in [0.3, 0.4) is 0 Å². The van der Waals surface area contributed by atoms with E-state index in [4.69, 9.17) is 16.7 Å². The summed E-state index contributed by atoms with van der Waals surface area (Å²) in [6.07, 6.45) is 1.69. The number of piperazine rings is 1. The molecule has 0 aliphatic carbocycles. The number of aliphatic carboxylic acids is 1. The van der Waals surface area contributed by atoms with E-state index in [0.29, 0.717) is 17.3 Å². The minimum Gasteiger partial charge on any atom is -0.481 e. The number of fused-ring (bicyclic) bond motifs is 1. The number of hydrogen-bond donors (Lipinski definition) is 3. The van der Waals surface area contributed by atoms with Crippen LogP contribution in [0.2, 0.25) is 5.02 Å². The molecule has 9 heteroatoms. The molecule has 1 aromatic rings. The topological polar surface area (TPSA) is 102 Å². The number of carboxylic acid groups (broad SMARTS) is 1. The van der Waals surface area contributed by atoms with Gasteiger partial charge in [0, 0.05) is 18.1 Å². The molecular weight excluding hydrogens is 396 g/mol. The number of rotatable bonds is 6. The van der Waals surface area contributed by atoms with Gasteiger partial charge in [-0.2, -0.15) is 0 Å². The molecule has 0 radical (unpaired) electrons. The molecule has 2 atom stereocenters. The van der Waals surface area contributed by atoms with Crippen molar-refractivity contribution in [1.82, 2.24) is 20.7 Å². The minimum atomic E-state index is -0.982. The lowest BCUT2D eigenvalue weighted by atomic mass is 10.1. The van der Waals surface area contributed by atoms with Gasteiger partial charge in [0.2, 0.25) is 5.91 Å². The quantitative estimate of drug-likeness (QED) is 0.647. The van der Waals surface area contributed by atoms with Gasteiger partial charge in [0.15, 0.2) is 0 Å². The Hall–Kier alpha value is -2.58. The first-order valence-corrected chi connectivity index (χ1v) is 10.0. The maximum Gasteiger partial charge on any atom is 0.305 e. The molecule has 0 aromatic heterocycles. The van der Waals surface area contributed by atoms with Crippen molar-refractivity contribution in [3.05, 3.63) is 46.6 Å². The van der Waals surface area contributed by atoms with E-state index in [1.54, 1.807) is 12.1 Å². The summed E-state index contributed by atoms with van der Waals surface area (Å²) < 4.78 is 0. The highest BCUT2D eigenvalue weighted by atomic mass is 35.5. The lowest BCUT2D eigenvalue weighted by Gasteiger charge is -2.39. The third-order valence-corrected chi connectivity index (χ3v) is 4.77. The fourth-order valence-corrected chi connectivity index (χ4v) is 3.32. The number of hydrogen-bond acceptors (Lipinski definition) is 5. The Labute approximate surface area is 175 Å². The average molecular weight is 423 g/mol. The van der Waals surface area contributed by atoms with Gasteiger partial charge in [0.05, 0.1) is 25.0 Å². The summed E-state index contributed by atoms with van der Waals surface area (Å²) in [6.45, 7) is 6.30. The predicted molar refractivity (Wildman–Crippen MR) is 110 cm³/mol. The van der Waals surface area contributed by atoms with E-state index in [2.05, 4.69) is 10.7 Å². The van der Waals surface area contributed by atoms with E-state index in [0.717, 1.165) is 5.56 Å². The van der Waals surface area contributed by atoms with Crippen molar-refractivity contribution in [3.63, 3.8) is 0 Å². The second-order valence-electron chi connectivity index (χ2n) is 6.61. The Balaban J connectivity index is 0.00000145. The third-order valence-electron chi connectivity index (χ3n) is 4.52. The highest BCUT2D eigenvalue weighted by Crippen LogP contribution is 2.30. The van der Waals surface area contributed by atoms with Gasteiger partial charge in [0.25, 0.3) is 5.91 Å². The van der Waals surface area contributed by atoms with Crippen LogP contribution in [-0.2, 0) is 14.4 Å². The first kappa shape index (κ1) is 22.7. The highest BCUT2D eigenvalue weighted by molar-refractivity contribution is 6.30. The van der Waals surface area contributed by atoms with Crippen molar-refractivity contribution in [2.75, 3.05) is 19.6 Å². The number of carbonyl (C=O) groups excluding carboxylic acids is 2. The number of nitrogens with zero attached hydrogens (tertiary/aromatic N) is 2. The van der Waals surface area contributed by atoms with Crippen molar-refractivity contribution < 1.29 is 19.5 Å². The third kappa shape index (κ3) is 5.71. The number of benzene rings is 1. The van der Waals surface area contributed by atoms with Crippen LogP contribution in [0.1, 0.15) is 38.8 Å². The normalized spacial score (nSPS) is 20.4. The fraction of sp³-hybridized carbons (Fsp3) is 0.450. The average Bonchev–Trinajstić information content (AvgIpc) is 3.14. The van der Waals surface area contributed by atoms with Crippen LogP contribution in [0.4, 0.5) is 0 Å². The summed E-state index contributed by atoms with van der Waals surface area (Å²) in [4.78, 5) is 36.8. The maximum atomic E-state index is 12.8. The summed E-state index contributed by atoms with van der Waals surface area (Å²) in [6, 6.07) is 7.24. The van der Waals surface area contributed by atoms with E-state index in [1.165, 1.54) is 4.90 Å². The molecule has 1 fully saturated rings. The van der Waals surface area contributed by atoms with Crippen LogP contribution in [-0.4, -0.2) is 58.5 Å². The van der Waals surface area contributed by atoms with Crippen molar-refractivity contribution in [3.8, 4) is 0 Å². The van der Waals surface area contributed by atoms with E-state index in [1.807, 2.05) is 44.0 Å². The molecule has 2 unspecified atom stereocenters. The number of hydrazine groups is 1. The van der Waals surface area contributed by atoms with Crippen molar-refractivity contribution in [2.24, 2.45) is 0 Å². The number of nitrogens with one attached hydrogen (secondary N) is 2. The molecule has 2 heterocycles. The monoisotopic (exact) mass is 422 g/mol. The second kappa shape index (κ2) is 10.3. The van der Waals surface area contributed by atoms with Gasteiger partial charge in [-0.05, 0) is 30.7 Å². The molecule has 1 saturated heterocycles. The van der Waals surface area contributed by atoms with Gasteiger partial charge in [-0.3, -0.25) is 19.4 Å². The smallest absolute Gasteiger partial charge is 0.305 e. The van der Waals surface area contributed by atoms with E-state index in [-0.39, 0.29) is 43.4 Å². The largest absolute Gasteiger partial charge is 0.481 e. The minimum absolute atomic E-state index is 0.0157. The summed E-state index contributed by atoms with van der Waals surface area (Å²) in [5, 5.41) is 13.6. The van der Waals surface area contributed by atoms with Crippen molar-refractivity contribution in [1.29, 1.82) is 0 Å². The molecule has 2 aliphatic rings. The molecule has 0 saturated carbocycles. The Morgan fingerprint density at radius 1 is 1.28 bits per heavy atom. The van der Waals surface area contributed by atoms with E-state index in [9.17, 15) is 14.4 Å². The maximum absolute atomic E-state index is 12.8. The molecule has 2 amide bonds. The standard InChI is InChI=1S/C18H21ClN4O4.C2H6/c1-11-9-22(10-16(24)20-7-6-17(25)26)18(27)15-8-14(21-23(11)15)12-2-4-13(19)5-3-12;1-2/h2-5,8,11,14,21H,6-7,9-10H2,1H3,(H,20,24)(H,25,26);1-2H3. The molecule has 1 aromatic carbocycles. The highest BCUT2D eigenvalue weighted by Gasteiger charge is 2.39. The van der Waals surface area contributed by atoms with Crippen molar-refractivity contribution >= 4 is 29.4 Å². The Morgan fingerprint density at radius 3 is 2.55 bits per heavy atom. The first-order valence-electron chi connectivity index (χ1n) is 9.65. The van der Waals surface area contributed by atoms with Gasteiger partial charge in [0.1, 0.15) is 5.70 Å². The molecule has 3 rings (SSSR count). The molecule has 158 valence electrons. The van der Waals surface area contributed by atoms with Crippen molar-refractivity contribution in [2.45, 2.75) is 39.3 Å². The summed E-state index contributed by atoms with van der Waals surface area (Å²) in [5.74, 6) is -1.58. The van der Waals surface area contributed by atoms with Crippen LogP contribution >= 0.6 is 11.6 Å². The molecular formula is C20H27ClN4O4. The Bertz CT molecular complexity index is 781. The molecule has 3 N–H and O–H groups in total. The van der Waals surface area contributed by atoms with Gasteiger partial charge in [-0.25, -0.2) is 5.43 Å². The van der Waals surface area contributed by atoms with Gasteiger partial charge >= 0.3 is 5.97 Å². The van der Waals surface area contributed by atoms with E-state index < -0.39 is 5.97 Å². The van der Waals surface area contributed by atoms with Crippen LogP contribution in [0, 0.1) is 0 Å². The Kier molecular flexibility index (Phi) is 8.04. The van der Waals surface area contributed by atoms with Crippen LogP contribution in [0.15, 0.2) is 36.0 Å². The van der Waals surface area contributed by atoms with E-state index >= 15 is 0 Å². The number of halogens is 1. The first-order chi connectivity index (χ1) is 13.8. The summed E-state index contributed by atoms with van der Waals surface area (Å²) >= 11 is 5.93. The zero-order valence-electron chi connectivity index (χ0n) is 16.8. The zero-order chi connectivity index (χ0) is 21.6. The number of carboxylic acids is 1. The molecule has 8 nitrogen and oxygen atoms in total. The molecule has 29 heavy (non-hydrogen) atoms. The Morgan fingerprint density at radius 2 is 1.93 bits per heavy atom. The van der Waals surface area contributed by atoms with Gasteiger partial charge in [-0.15, -0.1) is 0 Å². The second-order valence-corrected chi connectivity index (χ2v) is 7.05. The number of amides is 2. The molecule has 2 aliphatic heterocycles. The van der Waals surface area contributed by atoms with Crippen LogP contribution < -0.4 is 10.7 Å². The lowest BCUT2D eigenvalue weighted by Crippen LogP contribution is -2.57. The zero-order valence-corrected chi connectivity index (χ0v) is 17.6. The lowest BCUT2D eigenvalue weighted by molar-refractivity contribution is -0.139. The number of carbonyl (C=O) groups is 3. The fourth-order valence-electron chi connectivity index (χ4n) is 3.19. The van der Waals surface area contributed by atoms with Gasteiger partial charge in [-0.1, -0.05) is 37.6 Å². The van der Waals surface area contributed by atoms with Crippen LogP contribution in [0.5, 0.6) is 0 Å². The predicted octanol–water partition coefficient (Wildman–Crippen LogP) is 1.93. The SMILES string of the molecule is CC.CC1CN(CC(=O)NCCC(=O)O)C(=O)C2=CC(c3ccc(Cl)cc3)NN21. The summed E-state index contributed by atoms with van der Waals surface area (Å²) in [5.41, 5.74) is 4.81. The molecule has 0 spiro atoms.